The summed E-state index contributed by atoms with van der Waals surface area (Å²) in [4.78, 5) is 41.6. The van der Waals surface area contributed by atoms with E-state index in [1.807, 2.05) is 25.1 Å². The van der Waals surface area contributed by atoms with Gasteiger partial charge in [-0.25, -0.2) is 12.8 Å². The summed E-state index contributed by atoms with van der Waals surface area (Å²) >= 11 is 1.10. The molecule has 0 bridgehead atoms. The minimum atomic E-state index is -4.41. The molecule has 0 unspecified atom stereocenters. The summed E-state index contributed by atoms with van der Waals surface area (Å²) in [6.45, 7) is 2.22. The van der Waals surface area contributed by atoms with Crippen LogP contribution in [0.5, 0.6) is 5.75 Å². The molecule has 1 aliphatic heterocycles. The Balaban J connectivity index is 1.44. The van der Waals surface area contributed by atoms with E-state index in [1.54, 1.807) is 17.5 Å². The first kappa shape index (κ1) is 27.3. The summed E-state index contributed by atoms with van der Waals surface area (Å²) < 4.78 is 45.8. The van der Waals surface area contributed by atoms with E-state index in [0.29, 0.717) is 5.75 Å². The number of amides is 3. The maximum absolute atomic E-state index is 13.4. The third-order valence-corrected chi connectivity index (χ3v) is 8.72. The zero-order chi connectivity index (χ0) is 27.3. The van der Waals surface area contributed by atoms with Crippen molar-refractivity contribution >= 4 is 38.9 Å². The monoisotopic (exact) mass is 559 g/mol. The highest BCUT2D eigenvalue weighted by molar-refractivity contribution is 7.92. The quantitative estimate of drug-likeness (QED) is 0.425. The average Bonchev–Trinajstić information content (AvgIpc) is 3.45. The fourth-order valence-corrected chi connectivity index (χ4v) is 6.01. The van der Waals surface area contributed by atoms with Crippen LogP contribution in [0.25, 0.3) is 0 Å². The van der Waals surface area contributed by atoms with Gasteiger partial charge in [-0.15, -0.1) is 11.3 Å². The maximum Gasteiger partial charge on any atom is 0.262 e. The Bertz CT molecular complexity index is 1400. The van der Waals surface area contributed by atoms with Crippen molar-refractivity contribution in [2.24, 2.45) is 0 Å². The molecule has 1 N–H and O–H groups in total. The van der Waals surface area contributed by atoms with E-state index in [4.69, 9.17) is 4.74 Å². The van der Waals surface area contributed by atoms with Gasteiger partial charge < -0.3 is 19.9 Å². The molecule has 200 valence electrons. The molecule has 0 spiro atoms. The van der Waals surface area contributed by atoms with Crippen LogP contribution in [0.15, 0.2) is 70.9 Å². The molecule has 12 heteroatoms. The van der Waals surface area contributed by atoms with E-state index in [-0.39, 0.29) is 48.5 Å². The third-order valence-electron chi connectivity index (χ3n) is 5.98. The van der Waals surface area contributed by atoms with Crippen molar-refractivity contribution in [3.8, 4) is 5.75 Å². The predicted octanol–water partition coefficient (Wildman–Crippen LogP) is 2.48. The number of aryl methyl sites for hydroxylation is 1. The Morgan fingerprint density at radius 1 is 1.00 bits per heavy atom. The molecule has 3 aromatic rings. The highest BCUT2D eigenvalue weighted by atomic mass is 32.2. The molecule has 0 radical (unpaired) electrons. The summed E-state index contributed by atoms with van der Waals surface area (Å²) in [6.07, 6.45) is 0. The molecule has 3 amide bonds. The van der Waals surface area contributed by atoms with Gasteiger partial charge in [-0.1, -0.05) is 18.2 Å². The number of thiophene rings is 1. The van der Waals surface area contributed by atoms with Gasteiger partial charge >= 0.3 is 0 Å². The van der Waals surface area contributed by atoms with Crippen LogP contribution in [0.2, 0.25) is 0 Å². The number of carbonyl (C=O) groups is 3. The van der Waals surface area contributed by atoms with Gasteiger partial charge in [-0.05, 0) is 60.3 Å². The number of halogens is 1. The Morgan fingerprint density at radius 3 is 2.32 bits per heavy atom. The fourth-order valence-electron chi connectivity index (χ4n) is 3.91. The van der Waals surface area contributed by atoms with Crippen molar-refractivity contribution in [1.82, 2.24) is 15.1 Å². The number of sulfone groups is 1. The van der Waals surface area contributed by atoms with Crippen LogP contribution in [-0.4, -0.2) is 74.1 Å². The van der Waals surface area contributed by atoms with Crippen molar-refractivity contribution in [1.29, 1.82) is 0 Å². The first-order chi connectivity index (χ1) is 18.1. The highest BCUT2D eigenvalue weighted by Gasteiger charge is 2.39. The topological polar surface area (TPSA) is 113 Å². The van der Waals surface area contributed by atoms with Gasteiger partial charge in [0.05, 0.1) is 9.77 Å². The number of hydrogen-bond donors (Lipinski definition) is 1. The zero-order valence-corrected chi connectivity index (χ0v) is 22.1. The number of hydrogen-bond acceptors (Lipinski definition) is 7. The number of carbonyl (C=O) groups excluding carboxylic acids is 3. The Labute approximate surface area is 223 Å². The number of rotatable bonds is 8. The molecular formula is C26H26FN3O6S2. The fraction of sp³-hybridized carbons (Fsp3) is 0.269. The maximum atomic E-state index is 13.4. The van der Waals surface area contributed by atoms with E-state index in [2.05, 4.69) is 5.32 Å². The summed E-state index contributed by atoms with van der Waals surface area (Å²) in [5.74, 6) is -1.88. The van der Waals surface area contributed by atoms with E-state index in [1.165, 1.54) is 15.9 Å². The molecule has 1 atom stereocenters. The average molecular weight is 560 g/mol. The number of benzene rings is 2. The Morgan fingerprint density at radius 2 is 1.68 bits per heavy atom. The van der Waals surface area contributed by atoms with E-state index in [9.17, 15) is 27.2 Å². The smallest absolute Gasteiger partial charge is 0.262 e. The van der Waals surface area contributed by atoms with E-state index >= 15 is 0 Å². The van der Waals surface area contributed by atoms with Crippen molar-refractivity contribution < 1.29 is 31.9 Å². The van der Waals surface area contributed by atoms with Crippen LogP contribution < -0.4 is 10.1 Å². The molecule has 9 nitrogen and oxygen atoms in total. The third kappa shape index (κ3) is 6.37. The van der Waals surface area contributed by atoms with Gasteiger partial charge in [0.2, 0.25) is 15.2 Å². The summed E-state index contributed by atoms with van der Waals surface area (Å²) in [5.41, 5.74) is 0.999. The lowest BCUT2D eigenvalue weighted by molar-refractivity contribution is -0.140. The van der Waals surface area contributed by atoms with Gasteiger partial charge in [-0.2, -0.15) is 0 Å². The molecule has 2 aromatic carbocycles. The molecule has 1 fully saturated rings. The molecule has 1 aromatic heterocycles. The SMILES string of the molecule is Cc1cccc(OCC(=O)N2CCN(C(=O)[C@H](NC(=O)c3cccs3)S(=O)(=O)c3ccc(F)cc3)CC2)c1. The lowest BCUT2D eigenvalue weighted by atomic mass is 10.2. The van der Waals surface area contributed by atoms with Gasteiger partial charge in [0.15, 0.2) is 6.61 Å². The van der Waals surface area contributed by atoms with E-state index in [0.717, 1.165) is 41.2 Å². The predicted molar refractivity (Wildman–Crippen MR) is 139 cm³/mol. The van der Waals surface area contributed by atoms with Crippen LogP contribution in [0.1, 0.15) is 15.2 Å². The summed E-state index contributed by atoms with van der Waals surface area (Å²) in [6, 6.07) is 14.5. The van der Waals surface area contributed by atoms with Crippen LogP contribution in [0.3, 0.4) is 0 Å². The molecule has 38 heavy (non-hydrogen) atoms. The van der Waals surface area contributed by atoms with Crippen LogP contribution >= 0.6 is 11.3 Å². The minimum absolute atomic E-state index is 0.0688. The second-order valence-corrected chi connectivity index (χ2v) is 11.6. The molecule has 0 saturated carbocycles. The van der Waals surface area contributed by atoms with Crippen LogP contribution in [0, 0.1) is 12.7 Å². The van der Waals surface area contributed by atoms with Crippen molar-refractivity contribution in [2.75, 3.05) is 32.8 Å². The molecular weight excluding hydrogens is 533 g/mol. The second-order valence-electron chi connectivity index (χ2n) is 8.64. The van der Waals surface area contributed by atoms with Gasteiger partial charge in [0.25, 0.3) is 17.7 Å². The first-order valence-corrected chi connectivity index (χ1v) is 14.2. The lowest BCUT2D eigenvalue weighted by Gasteiger charge is -2.36. The molecule has 1 aliphatic rings. The normalized spacial score (nSPS) is 14.6. The zero-order valence-electron chi connectivity index (χ0n) is 20.5. The van der Waals surface area contributed by atoms with Crippen LogP contribution in [0.4, 0.5) is 4.39 Å². The Kier molecular flexibility index (Phi) is 8.42. The number of piperazine rings is 1. The molecule has 2 heterocycles. The largest absolute Gasteiger partial charge is 0.484 e. The first-order valence-electron chi connectivity index (χ1n) is 11.7. The lowest BCUT2D eigenvalue weighted by Crippen LogP contribution is -2.58. The van der Waals surface area contributed by atoms with Gasteiger partial charge in [0, 0.05) is 26.2 Å². The summed E-state index contributed by atoms with van der Waals surface area (Å²) in [7, 11) is -4.41. The number of nitrogens with zero attached hydrogens (tertiary/aromatic N) is 2. The van der Waals surface area contributed by atoms with Gasteiger partial charge in [-0.3, -0.25) is 14.4 Å². The second kappa shape index (κ2) is 11.7. The molecule has 0 aliphatic carbocycles. The summed E-state index contributed by atoms with van der Waals surface area (Å²) in [5, 5.41) is 2.07. The Hall–Kier alpha value is -3.77. The van der Waals surface area contributed by atoms with Crippen molar-refractivity contribution in [3.63, 3.8) is 0 Å². The molecule has 4 rings (SSSR count). The molecule has 1 saturated heterocycles. The van der Waals surface area contributed by atoms with E-state index < -0.39 is 32.8 Å². The highest BCUT2D eigenvalue weighted by Crippen LogP contribution is 2.20. The van der Waals surface area contributed by atoms with Crippen LogP contribution in [-0.2, 0) is 19.4 Å². The van der Waals surface area contributed by atoms with Crippen molar-refractivity contribution in [2.45, 2.75) is 17.2 Å². The van der Waals surface area contributed by atoms with Gasteiger partial charge in [0.1, 0.15) is 11.6 Å². The standard InChI is InChI=1S/C26H26FN3O6S2/c1-18-4-2-5-20(16-18)36-17-23(31)29-11-13-30(14-12-29)26(33)25(28-24(32)22-6-3-15-37-22)38(34,35)21-9-7-19(27)8-10-21/h2-10,15-16,25H,11-14,17H2,1H3,(H,28,32)/t25-/m1/s1. The number of ether oxygens (including phenoxy) is 1. The number of nitrogens with one attached hydrogen (secondary N) is 1. The van der Waals surface area contributed by atoms with Crippen molar-refractivity contribution in [3.05, 3.63) is 82.3 Å². The minimum Gasteiger partial charge on any atom is -0.484 e.